The van der Waals surface area contributed by atoms with Gasteiger partial charge in [-0.3, -0.25) is 4.79 Å². The minimum atomic E-state index is -3.56. The lowest BCUT2D eigenvalue weighted by Crippen LogP contribution is -2.42. The Bertz CT molecular complexity index is 608. The van der Waals surface area contributed by atoms with E-state index in [4.69, 9.17) is 0 Å². The zero-order valence-electron chi connectivity index (χ0n) is 12.9. The minimum absolute atomic E-state index is 0.0701. The van der Waals surface area contributed by atoms with Crippen LogP contribution in [0.25, 0.3) is 0 Å². The summed E-state index contributed by atoms with van der Waals surface area (Å²) in [7, 11) is 1.66. The molecule has 0 N–H and O–H groups in total. The summed E-state index contributed by atoms with van der Waals surface area (Å²) in [6.45, 7) is 2.49. The lowest BCUT2D eigenvalue weighted by molar-refractivity contribution is -0.134. The quantitative estimate of drug-likeness (QED) is 0.800. The third kappa shape index (κ3) is 3.11. The fourth-order valence-electron chi connectivity index (χ4n) is 2.49. The summed E-state index contributed by atoms with van der Waals surface area (Å²) in [4.78, 5) is 17.6. The van der Waals surface area contributed by atoms with E-state index in [1.165, 1.54) is 10.5 Å². The Kier molecular flexibility index (Phi) is 4.38. The second-order valence-corrected chi connectivity index (χ2v) is 7.53. The number of piperidine rings is 1. The SMILES string of the molecule is Cc1nc(S(=O)(=O)N2CCC(C(=O)N(C)C)CC2)cn1C. The smallest absolute Gasteiger partial charge is 0.262 e. The van der Waals surface area contributed by atoms with E-state index in [1.54, 1.807) is 37.5 Å². The molecule has 2 heterocycles. The molecule has 1 saturated heterocycles. The first-order valence-electron chi connectivity index (χ1n) is 6.94. The predicted molar refractivity (Wildman–Crippen MR) is 78.1 cm³/mol. The van der Waals surface area contributed by atoms with Crippen molar-refractivity contribution in [1.29, 1.82) is 0 Å². The van der Waals surface area contributed by atoms with Gasteiger partial charge in [0, 0.05) is 46.3 Å². The Hall–Kier alpha value is -1.41. The lowest BCUT2D eigenvalue weighted by atomic mass is 9.97. The predicted octanol–water partition coefficient (Wildman–Crippen LogP) is 0.217. The van der Waals surface area contributed by atoms with Crippen LogP contribution in [0, 0.1) is 12.8 Å². The van der Waals surface area contributed by atoms with E-state index in [0.717, 1.165) is 0 Å². The largest absolute Gasteiger partial charge is 0.349 e. The third-order valence-electron chi connectivity index (χ3n) is 3.93. The number of carbonyl (C=O) groups is 1. The molecule has 118 valence electrons. The Morgan fingerprint density at radius 1 is 1.33 bits per heavy atom. The van der Waals surface area contributed by atoms with Crippen molar-refractivity contribution >= 4 is 15.9 Å². The molecule has 8 heteroatoms. The van der Waals surface area contributed by atoms with Crippen LogP contribution in [0.2, 0.25) is 0 Å². The molecule has 2 rings (SSSR count). The average molecular weight is 314 g/mol. The molecule has 21 heavy (non-hydrogen) atoms. The van der Waals surface area contributed by atoms with Crippen LogP contribution in [-0.4, -0.2) is 60.3 Å². The molecule has 0 radical (unpaired) electrons. The molecule has 0 saturated carbocycles. The zero-order chi connectivity index (χ0) is 15.8. The molecule has 1 aromatic heterocycles. The van der Waals surface area contributed by atoms with E-state index in [9.17, 15) is 13.2 Å². The van der Waals surface area contributed by atoms with Gasteiger partial charge in [-0.15, -0.1) is 0 Å². The second kappa shape index (κ2) is 5.76. The molecule has 1 fully saturated rings. The number of amides is 1. The molecule has 0 spiro atoms. The van der Waals surface area contributed by atoms with Crippen molar-refractivity contribution in [1.82, 2.24) is 18.8 Å². The van der Waals surface area contributed by atoms with Gasteiger partial charge in [0.15, 0.2) is 5.03 Å². The van der Waals surface area contributed by atoms with E-state index < -0.39 is 10.0 Å². The number of rotatable bonds is 3. The number of hydrogen-bond donors (Lipinski definition) is 0. The highest BCUT2D eigenvalue weighted by atomic mass is 32.2. The van der Waals surface area contributed by atoms with Crippen molar-refractivity contribution in [3.05, 3.63) is 12.0 Å². The van der Waals surface area contributed by atoms with Crippen LogP contribution >= 0.6 is 0 Å². The fourth-order valence-corrected chi connectivity index (χ4v) is 3.99. The summed E-state index contributed by atoms with van der Waals surface area (Å²) in [6.07, 6.45) is 2.64. The molecule has 1 aliphatic heterocycles. The van der Waals surface area contributed by atoms with Crippen molar-refractivity contribution < 1.29 is 13.2 Å². The third-order valence-corrected chi connectivity index (χ3v) is 5.70. The van der Waals surface area contributed by atoms with E-state index in [1.807, 2.05) is 0 Å². The Labute approximate surface area is 125 Å². The van der Waals surface area contributed by atoms with Gasteiger partial charge in [-0.25, -0.2) is 13.4 Å². The molecule has 7 nitrogen and oxygen atoms in total. The topological polar surface area (TPSA) is 75.5 Å². The van der Waals surface area contributed by atoms with Crippen LogP contribution in [0.4, 0.5) is 0 Å². The molecule has 1 aliphatic rings. The molecular formula is C13H22N4O3S. The number of nitrogens with zero attached hydrogens (tertiary/aromatic N) is 4. The zero-order valence-corrected chi connectivity index (χ0v) is 13.7. The maximum atomic E-state index is 12.5. The molecule has 1 amide bonds. The molecule has 0 bridgehead atoms. The van der Waals surface area contributed by atoms with Gasteiger partial charge in [-0.2, -0.15) is 4.31 Å². The maximum absolute atomic E-state index is 12.5. The van der Waals surface area contributed by atoms with Gasteiger partial charge in [-0.05, 0) is 19.8 Å². The number of hydrogen-bond acceptors (Lipinski definition) is 4. The summed E-state index contributed by atoms with van der Waals surface area (Å²) < 4.78 is 28.2. The molecule has 0 aromatic carbocycles. The normalized spacial score (nSPS) is 17.9. The van der Waals surface area contributed by atoms with Crippen LogP contribution in [-0.2, 0) is 21.9 Å². The minimum Gasteiger partial charge on any atom is -0.349 e. The van der Waals surface area contributed by atoms with Gasteiger partial charge in [0.2, 0.25) is 5.91 Å². The number of aromatic nitrogens is 2. The van der Waals surface area contributed by atoms with E-state index >= 15 is 0 Å². The standard InChI is InChI=1S/C13H22N4O3S/c1-10-14-12(9-16(10)4)21(19,20)17-7-5-11(6-8-17)13(18)15(2)3/h9,11H,5-8H2,1-4H3. The first kappa shape index (κ1) is 16.0. The number of imidazole rings is 1. The van der Waals surface area contributed by atoms with Crippen molar-refractivity contribution in [3.8, 4) is 0 Å². The Morgan fingerprint density at radius 3 is 2.33 bits per heavy atom. The van der Waals surface area contributed by atoms with Gasteiger partial charge in [0.25, 0.3) is 10.0 Å². The maximum Gasteiger partial charge on any atom is 0.262 e. The van der Waals surface area contributed by atoms with Gasteiger partial charge in [-0.1, -0.05) is 0 Å². The van der Waals surface area contributed by atoms with Crippen LogP contribution < -0.4 is 0 Å². The number of aryl methyl sites for hydroxylation is 2. The van der Waals surface area contributed by atoms with Crippen molar-refractivity contribution in [2.24, 2.45) is 13.0 Å². The van der Waals surface area contributed by atoms with Crippen LogP contribution in [0.1, 0.15) is 18.7 Å². The van der Waals surface area contributed by atoms with Gasteiger partial charge in [0.05, 0.1) is 0 Å². The molecule has 0 aliphatic carbocycles. The first-order valence-corrected chi connectivity index (χ1v) is 8.38. The van der Waals surface area contributed by atoms with E-state index in [2.05, 4.69) is 4.98 Å². The summed E-state index contributed by atoms with van der Waals surface area (Å²) in [5, 5.41) is 0.0832. The summed E-state index contributed by atoms with van der Waals surface area (Å²) in [6, 6.07) is 0. The monoisotopic (exact) mass is 314 g/mol. The van der Waals surface area contributed by atoms with Crippen molar-refractivity contribution in [2.45, 2.75) is 24.8 Å². The average Bonchev–Trinajstić information content (AvgIpc) is 2.78. The summed E-state index contributed by atoms with van der Waals surface area (Å²) in [5.41, 5.74) is 0. The van der Waals surface area contributed by atoms with E-state index in [-0.39, 0.29) is 16.9 Å². The van der Waals surface area contributed by atoms with Gasteiger partial charge in [0.1, 0.15) is 5.82 Å². The highest BCUT2D eigenvalue weighted by molar-refractivity contribution is 7.89. The number of carbonyl (C=O) groups excluding carboxylic acids is 1. The first-order chi connectivity index (χ1) is 9.73. The summed E-state index contributed by atoms with van der Waals surface area (Å²) >= 11 is 0. The van der Waals surface area contributed by atoms with Gasteiger partial charge >= 0.3 is 0 Å². The van der Waals surface area contributed by atoms with Gasteiger partial charge < -0.3 is 9.47 Å². The summed E-state index contributed by atoms with van der Waals surface area (Å²) in [5.74, 6) is 0.642. The highest BCUT2D eigenvalue weighted by Crippen LogP contribution is 2.24. The molecular weight excluding hydrogens is 292 g/mol. The number of sulfonamides is 1. The molecule has 0 atom stereocenters. The second-order valence-electron chi connectivity index (χ2n) is 5.65. The Balaban J connectivity index is 2.09. The van der Waals surface area contributed by atoms with Crippen molar-refractivity contribution in [2.75, 3.05) is 27.2 Å². The van der Waals surface area contributed by atoms with Crippen LogP contribution in [0.15, 0.2) is 11.2 Å². The highest BCUT2D eigenvalue weighted by Gasteiger charge is 2.33. The molecule has 0 unspecified atom stereocenters. The van der Waals surface area contributed by atoms with Crippen LogP contribution in [0.3, 0.4) is 0 Å². The Morgan fingerprint density at radius 2 is 1.90 bits per heavy atom. The molecule has 1 aromatic rings. The van der Waals surface area contributed by atoms with Crippen molar-refractivity contribution in [3.63, 3.8) is 0 Å². The van der Waals surface area contributed by atoms with Crippen LogP contribution in [0.5, 0.6) is 0 Å². The lowest BCUT2D eigenvalue weighted by Gasteiger charge is -2.31. The fraction of sp³-hybridized carbons (Fsp3) is 0.692. The van der Waals surface area contributed by atoms with E-state index in [0.29, 0.717) is 31.8 Å².